The Bertz CT molecular complexity index is 818. The summed E-state index contributed by atoms with van der Waals surface area (Å²) in [6.07, 6.45) is 3.53. The van der Waals surface area contributed by atoms with Gasteiger partial charge in [0, 0.05) is 31.5 Å². The maximum atomic E-state index is 12.4. The molecule has 0 atom stereocenters. The Hall–Kier alpha value is -1.84. The van der Waals surface area contributed by atoms with Gasteiger partial charge < -0.3 is 14.8 Å². The van der Waals surface area contributed by atoms with Gasteiger partial charge in [-0.3, -0.25) is 9.69 Å². The van der Waals surface area contributed by atoms with Gasteiger partial charge in [-0.25, -0.2) is 9.78 Å². The molecule has 2 heterocycles. The minimum absolute atomic E-state index is 0. The highest BCUT2D eigenvalue weighted by molar-refractivity contribution is 7.98. The highest BCUT2D eigenvalue weighted by atomic mass is 35.5. The standard InChI is InChI=1S/C20H23N3O4S.2ClH/c1-28-19-17(3-2-8-21-19)18(24)22-16-6-4-15(5-7-16)20(25)27-14-11-23-9-12-26-13-10-23;;/h2-8H,9-14H2,1H3,(H,22,24);2*1H. The molecule has 164 valence electrons. The van der Waals surface area contributed by atoms with Gasteiger partial charge in [-0.05, 0) is 42.7 Å². The number of aromatic nitrogens is 1. The summed E-state index contributed by atoms with van der Waals surface area (Å²) in [5, 5.41) is 3.49. The second-order valence-corrected chi connectivity index (χ2v) is 6.98. The topological polar surface area (TPSA) is 80.8 Å². The number of morpholine rings is 1. The number of amides is 1. The van der Waals surface area contributed by atoms with Gasteiger partial charge in [-0.1, -0.05) is 0 Å². The van der Waals surface area contributed by atoms with Crippen LogP contribution >= 0.6 is 36.6 Å². The smallest absolute Gasteiger partial charge is 0.338 e. The van der Waals surface area contributed by atoms with Crippen molar-refractivity contribution in [3.63, 3.8) is 0 Å². The van der Waals surface area contributed by atoms with Crippen LogP contribution in [0.1, 0.15) is 20.7 Å². The van der Waals surface area contributed by atoms with Crippen molar-refractivity contribution in [2.75, 3.05) is 51.0 Å². The van der Waals surface area contributed by atoms with Crippen LogP contribution in [0.4, 0.5) is 5.69 Å². The Kier molecular flexibility index (Phi) is 11.8. The molecule has 1 N–H and O–H groups in total. The molecule has 1 saturated heterocycles. The minimum Gasteiger partial charge on any atom is -0.461 e. The molecule has 7 nitrogen and oxygen atoms in total. The number of hydrogen-bond acceptors (Lipinski definition) is 7. The van der Waals surface area contributed by atoms with E-state index in [9.17, 15) is 9.59 Å². The van der Waals surface area contributed by atoms with Crippen LogP contribution in [0, 0.1) is 0 Å². The van der Waals surface area contributed by atoms with Crippen molar-refractivity contribution < 1.29 is 19.1 Å². The van der Waals surface area contributed by atoms with Crippen molar-refractivity contribution in [2.45, 2.75) is 5.03 Å². The fourth-order valence-corrected chi connectivity index (χ4v) is 3.34. The average Bonchev–Trinajstić information content (AvgIpc) is 2.75. The average molecular weight is 474 g/mol. The lowest BCUT2D eigenvalue weighted by molar-refractivity contribution is 0.0195. The third-order valence-electron chi connectivity index (χ3n) is 4.33. The maximum Gasteiger partial charge on any atom is 0.338 e. The lowest BCUT2D eigenvalue weighted by atomic mass is 10.2. The van der Waals surface area contributed by atoms with Crippen LogP contribution in [0.2, 0.25) is 0 Å². The summed E-state index contributed by atoms with van der Waals surface area (Å²) >= 11 is 1.41. The van der Waals surface area contributed by atoms with Crippen LogP contribution in [-0.4, -0.2) is 67.5 Å². The molecule has 0 unspecified atom stereocenters. The first kappa shape index (κ1) is 26.2. The Morgan fingerprint density at radius 3 is 2.53 bits per heavy atom. The second-order valence-electron chi connectivity index (χ2n) is 6.18. The van der Waals surface area contributed by atoms with E-state index in [1.54, 1.807) is 42.6 Å². The van der Waals surface area contributed by atoms with Gasteiger partial charge in [-0.15, -0.1) is 36.6 Å². The number of benzene rings is 1. The van der Waals surface area contributed by atoms with E-state index in [4.69, 9.17) is 9.47 Å². The van der Waals surface area contributed by atoms with Crippen molar-refractivity contribution >= 4 is 54.1 Å². The van der Waals surface area contributed by atoms with Crippen LogP contribution in [0.15, 0.2) is 47.6 Å². The van der Waals surface area contributed by atoms with Gasteiger partial charge in [0.1, 0.15) is 11.6 Å². The molecule has 2 aromatic rings. The highest BCUT2D eigenvalue weighted by Gasteiger charge is 2.14. The lowest BCUT2D eigenvalue weighted by Crippen LogP contribution is -2.38. The predicted molar refractivity (Wildman–Crippen MR) is 122 cm³/mol. The largest absolute Gasteiger partial charge is 0.461 e. The van der Waals surface area contributed by atoms with E-state index in [0.717, 1.165) is 26.3 Å². The van der Waals surface area contributed by atoms with E-state index >= 15 is 0 Å². The lowest BCUT2D eigenvalue weighted by Gasteiger charge is -2.26. The molecule has 0 spiro atoms. The molecule has 1 aliphatic heterocycles. The molecule has 0 aliphatic carbocycles. The molecule has 10 heteroatoms. The Morgan fingerprint density at radius 2 is 1.87 bits per heavy atom. The molecule has 1 aliphatic rings. The molecule has 1 aromatic heterocycles. The van der Waals surface area contributed by atoms with Crippen LogP contribution in [-0.2, 0) is 9.47 Å². The molecule has 0 bridgehead atoms. The number of nitrogens with one attached hydrogen (secondary N) is 1. The molecular weight excluding hydrogens is 449 g/mol. The maximum absolute atomic E-state index is 12.4. The summed E-state index contributed by atoms with van der Waals surface area (Å²) in [5.41, 5.74) is 1.57. The summed E-state index contributed by atoms with van der Waals surface area (Å²) < 4.78 is 10.6. The molecule has 1 fully saturated rings. The minimum atomic E-state index is -0.372. The van der Waals surface area contributed by atoms with Gasteiger partial charge >= 0.3 is 5.97 Å². The number of halogens is 2. The van der Waals surface area contributed by atoms with E-state index < -0.39 is 0 Å². The van der Waals surface area contributed by atoms with Crippen molar-refractivity contribution in [3.05, 3.63) is 53.7 Å². The Balaban J connectivity index is 0.00000225. The zero-order valence-electron chi connectivity index (χ0n) is 16.5. The number of anilines is 1. The van der Waals surface area contributed by atoms with Crippen LogP contribution in [0.25, 0.3) is 0 Å². The Morgan fingerprint density at radius 1 is 1.17 bits per heavy atom. The summed E-state index contributed by atoms with van der Waals surface area (Å²) in [5.74, 6) is -0.610. The van der Waals surface area contributed by atoms with E-state index in [1.807, 2.05) is 6.26 Å². The number of hydrogen-bond donors (Lipinski definition) is 1. The van der Waals surface area contributed by atoms with Gasteiger partial charge in [-0.2, -0.15) is 0 Å². The number of rotatable bonds is 7. The monoisotopic (exact) mass is 473 g/mol. The van der Waals surface area contributed by atoms with Gasteiger partial charge in [0.25, 0.3) is 5.91 Å². The van der Waals surface area contributed by atoms with Crippen molar-refractivity contribution in [1.29, 1.82) is 0 Å². The first-order valence-electron chi connectivity index (χ1n) is 9.05. The highest BCUT2D eigenvalue weighted by Crippen LogP contribution is 2.19. The van der Waals surface area contributed by atoms with Gasteiger partial charge in [0.15, 0.2) is 0 Å². The summed E-state index contributed by atoms with van der Waals surface area (Å²) in [6.45, 7) is 4.21. The SMILES string of the molecule is CSc1ncccc1C(=O)Nc1ccc(C(=O)OCCN2CCOCC2)cc1.Cl.Cl. The predicted octanol–water partition coefficient (Wildman–Crippen LogP) is 3.39. The molecule has 0 radical (unpaired) electrons. The molecule has 1 aromatic carbocycles. The van der Waals surface area contributed by atoms with E-state index in [-0.39, 0.29) is 36.7 Å². The molecular formula is C20H25Cl2N3O4S. The number of pyridine rings is 1. The van der Waals surface area contributed by atoms with E-state index in [1.165, 1.54) is 11.8 Å². The van der Waals surface area contributed by atoms with Gasteiger partial charge in [0.2, 0.25) is 0 Å². The summed E-state index contributed by atoms with van der Waals surface area (Å²) in [7, 11) is 0. The zero-order valence-corrected chi connectivity index (χ0v) is 19.0. The van der Waals surface area contributed by atoms with Crippen LogP contribution < -0.4 is 5.32 Å². The first-order chi connectivity index (χ1) is 13.7. The number of nitrogens with zero attached hydrogens (tertiary/aromatic N) is 2. The molecule has 3 rings (SSSR count). The molecule has 0 saturated carbocycles. The quantitative estimate of drug-likeness (QED) is 0.487. The molecule has 1 amide bonds. The third-order valence-corrected chi connectivity index (χ3v) is 5.04. The van der Waals surface area contributed by atoms with Gasteiger partial charge in [0.05, 0.1) is 24.3 Å². The van der Waals surface area contributed by atoms with Crippen LogP contribution in [0.3, 0.4) is 0 Å². The molecule has 30 heavy (non-hydrogen) atoms. The number of carbonyl (C=O) groups is 2. The van der Waals surface area contributed by atoms with E-state index in [0.29, 0.717) is 35.0 Å². The number of carbonyl (C=O) groups excluding carboxylic acids is 2. The Labute approximate surface area is 192 Å². The first-order valence-corrected chi connectivity index (χ1v) is 10.3. The fraction of sp³-hybridized carbons (Fsp3) is 0.350. The van der Waals surface area contributed by atoms with Crippen molar-refractivity contribution in [2.24, 2.45) is 0 Å². The third kappa shape index (κ3) is 7.45. The zero-order chi connectivity index (χ0) is 19.8. The van der Waals surface area contributed by atoms with E-state index in [2.05, 4.69) is 15.2 Å². The summed E-state index contributed by atoms with van der Waals surface area (Å²) in [4.78, 5) is 31.0. The normalized spacial score (nSPS) is 13.5. The number of thioether (sulfide) groups is 1. The fourth-order valence-electron chi connectivity index (χ4n) is 2.79. The number of ether oxygens (including phenoxy) is 2. The van der Waals surface area contributed by atoms with Crippen LogP contribution in [0.5, 0.6) is 0 Å². The van der Waals surface area contributed by atoms with Crippen molar-refractivity contribution in [1.82, 2.24) is 9.88 Å². The number of esters is 1. The van der Waals surface area contributed by atoms with Crippen molar-refractivity contribution in [3.8, 4) is 0 Å². The second kappa shape index (κ2) is 13.5. The summed E-state index contributed by atoms with van der Waals surface area (Å²) in [6, 6.07) is 10.1.